The van der Waals surface area contributed by atoms with Crippen LogP contribution in [-0.4, -0.2) is 21.1 Å². The summed E-state index contributed by atoms with van der Waals surface area (Å²) in [6.45, 7) is 4.82. The van der Waals surface area contributed by atoms with E-state index in [4.69, 9.17) is 0 Å². The molecule has 20 heavy (non-hydrogen) atoms. The zero-order chi connectivity index (χ0) is 13.8. The Morgan fingerprint density at radius 3 is 3.05 bits per heavy atom. The Morgan fingerprint density at radius 1 is 1.30 bits per heavy atom. The first-order chi connectivity index (χ1) is 9.85. The third kappa shape index (κ3) is 3.05. The molecule has 0 saturated carbocycles. The fourth-order valence-electron chi connectivity index (χ4n) is 2.12. The lowest BCUT2D eigenvalue weighted by Crippen LogP contribution is -2.13. The monoisotopic (exact) mass is 286 g/mol. The second kappa shape index (κ2) is 6.15. The number of para-hydroxylation sites is 1. The molecule has 0 unspecified atom stereocenters. The van der Waals surface area contributed by atoms with Crippen molar-refractivity contribution in [2.24, 2.45) is 0 Å². The summed E-state index contributed by atoms with van der Waals surface area (Å²) >= 11 is 1.75. The lowest BCUT2D eigenvalue weighted by Gasteiger charge is -1.99. The predicted molar refractivity (Wildman–Crippen MR) is 82.9 cm³/mol. The van der Waals surface area contributed by atoms with E-state index in [0.717, 1.165) is 42.3 Å². The zero-order valence-electron chi connectivity index (χ0n) is 11.5. The van der Waals surface area contributed by atoms with Crippen molar-refractivity contribution in [3.63, 3.8) is 0 Å². The molecule has 0 radical (unpaired) electrons. The molecule has 1 N–H and O–H groups in total. The van der Waals surface area contributed by atoms with E-state index in [1.165, 1.54) is 4.70 Å². The third-order valence-electron chi connectivity index (χ3n) is 3.08. The molecule has 104 valence electrons. The maximum Gasteiger partial charge on any atom is 0.114 e. The highest BCUT2D eigenvalue weighted by molar-refractivity contribution is 7.18. The molecule has 0 aliphatic heterocycles. The van der Waals surface area contributed by atoms with Gasteiger partial charge in [-0.1, -0.05) is 19.1 Å². The minimum atomic E-state index is 0.792. The molecule has 5 heteroatoms. The van der Waals surface area contributed by atoms with Crippen molar-refractivity contribution in [2.75, 3.05) is 6.54 Å². The Morgan fingerprint density at radius 2 is 2.20 bits per heavy atom. The van der Waals surface area contributed by atoms with E-state index < -0.39 is 0 Å². The molecule has 0 atom stereocenters. The van der Waals surface area contributed by atoms with Gasteiger partial charge in [0.05, 0.1) is 28.8 Å². The van der Waals surface area contributed by atoms with Gasteiger partial charge in [-0.15, -0.1) is 11.3 Å². The highest BCUT2D eigenvalue weighted by Gasteiger charge is 2.05. The standard InChI is InChI=1S/C15H18N4S/c1-2-7-16-8-12-9-19(11-17-12)10-15-18-13-5-3-4-6-14(13)20-15/h3-6,9,11,16H,2,7-8,10H2,1H3. The Balaban J connectivity index is 1.68. The van der Waals surface area contributed by atoms with Crippen LogP contribution in [0, 0.1) is 0 Å². The Kier molecular flexibility index (Phi) is 4.08. The van der Waals surface area contributed by atoms with E-state index >= 15 is 0 Å². The van der Waals surface area contributed by atoms with E-state index in [-0.39, 0.29) is 0 Å². The summed E-state index contributed by atoms with van der Waals surface area (Å²) in [7, 11) is 0. The molecule has 0 saturated heterocycles. The number of nitrogens with one attached hydrogen (secondary N) is 1. The van der Waals surface area contributed by atoms with Gasteiger partial charge in [0, 0.05) is 12.7 Å². The summed E-state index contributed by atoms with van der Waals surface area (Å²) in [4.78, 5) is 9.06. The molecule has 2 aromatic heterocycles. The van der Waals surface area contributed by atoms with E-state index in [2.05, 4.69) is 51.2 Å². The van der Waals surface area contributed by atoms with Crippen molar-refractivity contribution in [3.8, 4) is 0 Å². The van der Waals surface area contributed by atoms with Crippen molar-refractivity contribution in [2.45, 2.75) is 26.4 Å². The van der Waals surface area contributed by atoms with Crippen molar-refractivity contribution in [1.82, 2.24) is 19.9 Å². The lowest BCUT2D eigenvalue weighted by molar-refractivity contribution is 0.665. The highest BCUT2D eigenvalue weighted by atomic mass is 32.1. The molecule has 0 aliphatic rings. The number of thiazole rings is 1. The second-order valence-electron chi connectivity index (χ2n) is 4.79. The van der Waals surface area contributed by atoms with Gasteiger partial charge in [-0.25, -0.2) is 9.97 Å². The first kappa shape index (κ1) is 13.3. The van der Waals surface area contributed by atoms with E-state index in [0.29, 0.717) is 0 Å². The Hall–Kier alpha value is -1.72. The number of hydrogen-bond acceptors (Lipinski definition) is 4. The maximum absolute atomic E-state index is 4.65. The van der Waals surface area contributed by atoms with Gasteiger partial charge in [0.2, 0.25) is 0 Å². The number of hydrogen-bond donors (Lipinski definition) is 1. The van der Waals surface area contributed by atoms with Gasteiger partial charge in [0.15, 0.2) is 0 Å². The first-order valence-corrected chi connectivity index (χ1v) is 7.72. The number of rotatable bonds is 6. The van der Waals surface area contributed by atoms with Crippen LogP contribution in [0.3, 0.4) is 0 Å². The summed E-state index contributed by atoms with van der Waals surface area (Å²) in [5.41, 5.74) is 2.16. The van der Waals surface area contributed by atoms with Gasteiger partial charge >= 0.3 is 0 Å². The van der Waals surface area contributed by atoms with Crippen LogP contribution in [-0.2, 0) is 13.1 Å². The number of benzene rings is 1. The minimum absolute atomic E-state index is 0.792. The molecule has 3 rings (SSSR count). The molecule has 0 amide bonds. The second-order valence-corrected chi connectivity index (χ2v) is 5.90. The summed E-state index contributed by atoms with van der Waals surface area (Å²) in [6, 6.07) is 8.26. The highest BCUT2D eigenvalue weighted by Crippen LogP contribution is 2.22. The fourth-order valence-corrected chi connectivity index (χ4v) is 3.10. The quantitative estimate of drug-likeness (QED) is 0.708. The van der Waals surface area contributed by atoms with Crippen molar-refractivity contribution in [3.05, 3.63) is 47.5 Å². The van der Waals surface area contributed by atoms with Crippen LogP contribution < -0.4 is 5.32 Å². The minimum Gasteiger partial charge on any atom is -0.330 e. The molecule has 1 aromatic carbocycles. The Bertz CT molecular complexity index is 653. The molecular weight excluding hydrogens is 268 g/mol. The summed E-state index contributed by atoms with van der Waals surface area (Å²) in [6.07, 6.45) is 5.12. The van der Waals surface area contributed by atoms with Crippen molar-refractivity contribution < 1.29 is 0 Å². The number of nitrogens with zero attached hydrogens (tertiary/aromatic N) is 3. The largest absolute Gasteiger partial charge is 0.330 e. The zero-order valence-corrected chi connectivity index (χ0v) is 12.4. The average molecular weight is 286 g/mol. The SMILES string of the molecule is CCCNCc1cn(Cc2nc3ccccc3s2)cn1. The van der Waals surface area contributed by atoms with Gasteiger partial charge in [-0.3, -0.25) is 0 Å². The normalized spacial score (nSPS) is 11.2. The number of imidazole rings is 1. The van der Waals surface area contributed by atoms with Crippen LogP contribution in [0.2, 0.25) is 0 Å². The topological polar surface area (TPSA) is 42.7 Å². The van der Waals surface area contributed by atoms with Crippen molar-refractivity contribution in [1.29, 1.82) is 0 Å². The van der Waals surface area contributed by atoms with E-state index in [9.17, 15) is 0 Å². The van der Waals surface area contributed by atoms with E-state index in [1.54, 1.807) is 11.3 Å². The smallest absolute Gasteiger partial charge is 0.114 e. The van der Waals surface area contributed by atoms with Gasteiger partial charge < -0.3 is 9.88 Å². The summed E-state index contributed by atoms with van der Waals surface area (Å²) in [5.74, 6) is 0. The van der Waals surface area contributed by atoms with Crippen LogP contribution in [0.5, 0.6) is 0 Å². The average Bonchev–Trinajstić information content (AvgIpc) is 3.05. The van der Waals surface area contributed by atoms with Gasteiger partial charge in [-0.2, -0.15) is 0 Å². The van der Waals surface area contributed by atoms with Crippen LogP contribution in [0.15, 0.2) is 36.8 Å². The van der Waals surface area contributed by atoms with Gasteiger partial charge in [0.25, 0.3) is 0 Å². The van der Waals surface area contributed by atoms with Gasteiger partial charge in [-0.05, 0) is 25.1 Å². The third-order valence-corrected chi connectivity index (χ3v) is 4.10. The maximum atomic E-state index is 4.65. The Labute approximate surface area is 122 Å². The molecule has 0 spiro atoms. The first-order valence-electron chi connectivity index (χ1n) is 6.91. The molecule has 3 aromatic rings. The van der Waals surface area contributed by atoms with Crippen LogP contribution in [0.25, 0.3) is 10.2 Å². The predicted octanol–water partition coefficient (Wildman–Crippen LogP) is 3.04. The fraction of sp³-hybridized carbons (Fsp3) is 0.333. The van der Waals surface area contributed by atoms with E-state index in [1.807, 2.05) is 12.4 Å². The molecular formula is C15H18N4S. The molecule has 0 bridgehead atoms. The lowest BCUT2D eigenvalue weighted by atomic mass is 10.3. The molecule has 0 aliphatic carbocycles. The number of fused-ring (bicyclic) bond motifs is 1. The molecule has 2 heterocycles. The van der Waals surface area contributed by atoms with Gasteiger partial charge in [0.1, 0.15) is 5.01 Å². The summed E-state index contributed by atoms with van der Waals surface area (Å²) in [5, 5.41) is 4.48. The van der Waals surface area contributed by atoms with Crippen molar-refractivity contribution >= 4 is 21.6 Å². The number of aromatic nitrogens is 3. The molecule has 4 nitrogen and oxygen atoms in total. The van der Waals surface area contributed by atoms with Crippen LogP contribution in [0.1, 0.15) is 24.0 Å². The molecule has 0 fully saturated rings. The van der Waals surface area contributed by atoms with Crippen LogP contribution >= 0.6 is 11.3 Å². The van der Waals surface area contributed by atoms with Crippen LogP contribution in [0.4, 0.5) is 0 Å². The summed E-state index contributed by atoms with van der Waals surface area (Å²) < 4.78 is 3.34.